The number of nitrogens with one attached hydrogen (secondary N) is 1. The van der Waals surface area contributed by atoms with Gasteiger partial charge in [0.15, 0.2) is 0 Å². The van der Waals surface area contributed by atoms with E-state index >= 15 is 0 Å². The Kier molecular flexibility index (Phi) is 7.26. The predicted molar refractivity (Wildman–Crippen MR) is 65.7 cm³/mol. The van der Waals surface area contributed by atoms with Crippen LogP contribution in [0.2, 0.25) is 0 Å². The Bertz CT molecular complexity index is 129. The highest BCUT2D eigenvalue weighted by molar-refractivity contribution is 4.74. The lowest BCUT2D eigenvalue weighted by Gasteiger charge is -2.28. The quantitative estimate of drug-likeness (QED) is 0.623. The Morgan fingerprint density at radius 2 is 1.79 bits per heavy atom. The first-order chi connectivity index (χ1) is 6.52. The van der Waals surface area contributed by atoms with Crippen LogP contribution in [-0.2, 0) is 0 Å². The van der Waals surface area contributed by atoms with E-state index in [0.29, 0.717) is 11.5 Å². The van der Waals surface area contributed by atoms with Crippen molar-refractivity contribution in [1.82, 2.24) is 5.32 Å². The average molecular weight is 199 g/mol. The summed E-state index contributed by atoms with van der Waals surface area (Å²) in [7, 11) is 0. The monoisotopic (exact) mass is 199 g/mol. The molecule has 0 aromatic heterocycles. The Hall–Kier alpha value is -0.0400. The number of rotatable bonds is 8. The van der Waals surface area contributed by atoms with E-state index in [0.717, 1.165) is 6.54 Å². The molecule has 0 aromatic rings. The van der Waals surface area contributed by atoms with E-state index in [1.54, 1.807) is 0 Å². The predicted octanol–water partition coefficient (Wildman–Crippen LogP) is 3.98. The summed E-state index contributed by atoms with van der Waals surface area (Å²) in [5.74, 6) is 0. The van der Waals surface area contributed by atoms with Gasteiger partial charge in [-0.05, 0) is 38.1 Å². The molecule has 0 heterocycles. The smallest absolute Gasteiger partial charge is 0.00438 e. The molecule has 0 bridgehead atoms. The molecule has 0 amide bonds. The van der Waals surface area contributed by atoms with Crippen LogP contribution in [-0.4, -0.2) is 12.6 Å². The lowest BCUT2D eigenvalue weighted by Crippen LogP contribution is -2.31. The van der Waals surface area contributed by atoms with Crippen molar-refractivity contribution >= 4 is 0 Å². The van der Waals surface area contributed by atoms with Crippen LogP contribution in [0.15, 0.2) is 0 Å². The average Bonchev–Trinajstić information content (AvgIpc) is 2.11. The molecule has 0 saturated carbocycles. The van der Waals surface area contributed by atoms with Gasteiger partial charge in [0.25, 0.3) is 0 Å². The van der Waals surface area contributed by atoms with Crippen molar-refractivity contribution in [3.63, 3.8) is 0 Å². The summed E-state index contributed by atoms with van der Waals surface area (Å²) in [4.78, 5) is 0. The standard InChI is InChI=1S/C13H29N/c1-6-8-9-13(4,5)11-12(3)14-10-7-2/h12,14H,6-11H2,1-5H3. The fourth-order valence-corrected chi connectivity index (χ4v) is 2.05. The lowest BCUT2D eigenvalue weighted by atomic mass is 9.81. The van der Waals surface area contributed by atoms with Crippen LogP contribution in [0, 0.1) is 5.41 Å². The first-order valence-corrected chi connectivity index (χ1v) is 6.25. The molecule has 0 saturated heterocycles. The second kappa shape index (κ2) is 7.28. The zero-order valence-corrected chi connectivity index (χ0v) is 10.8. The molecule has 1 atom stereocenters. The van der Waals surface area contributed by atoms with E-state index in [2.05, 4.69) is 39.9 Å². The largest absolute Gasteiger partial charge is 0.314 e. The summed E-state index contributed by atoms with van der Waals surface area (Å²) >= 11 is 0. The Balaban J connectivity index is 3.70. The van der Waals surface area contributed by atoms with Gasteiger partial charge in [-0.2, -0.15) is 0 Å². The molecule has 0 aromatic carbocycles. The van der Waals surface area contributed by atoms with Crippen LogP contribution >= 0.6 is 0 Å². The van der Waals surface area contributed by atoms with Crippen molar-refractivity contribution in [2.24, 2.45) is 5.41 Å². The molecule has 0 rings (SSSR count). The van der Waals surface area contributed by atoms with Gasteiger partial charge in [-0.3, -0.25) is 0 Å². The first-order valence-electron chi connectivity index (χ1n) is 6.25. The maximum absolute atomic E-state index is 3.56. The normalized spacial score (nSPS) is 14.4. The van der Waals surface area contributed by atoms with Crippen molar-refractivity contribution in [3.05, 3.63) is 0 Å². The molecule has 0 aliphatic heterocycles. The first kappa shape index (κ1) is 14.0. The van der Waals surface area contributed by atoms with Crippen LogP contribution in [0.4, 0.5) is 0 Å². The van der Waals surface area contributed by atoms with Gasteiger partial charge < -0.3 is 5.32 Å². The maximum atomic E-state index is 3.56. The highest BCUT2D eigenvalue weighted by Crippen LogP contribution is 2.28. The number of hydrogen-bond acceptors (Lipinski definition) is 1. The van der Waals surface area contributed by atoms with Gasteiger partial charge in [0.05, 0.1) is 0 Å². The molecule has 0 radical (unpaired) electrons. The third-order valence-electron chi connectivity index (χ3n) is 2.81. The minimum atomic E-state index is 0.510. The fraction of sp³-hybridized carbons (Fsp3) is 1.00. The molecule has 0 aliphatic carbocycles. The molecule has 1 heteroatoms. The maximum Gasteiger partial charge on any atom is 0.00438 e. The summed E-state index contributed by atoms with van der Waals surface area (Å²) in [5.41, 5.74) is 0.510. The zero-order chi connectivity index (χ0) is 11.0. The van der Waals surface area contributed by atoms with E-state index < -0.39 is 0 Å². The molecule has 1 unspecified atom stereocenters. The van der Waals surface area contributed by atoms with Gasteiger partial charge in [-0.15, -0.1) is 0 Å². The SMILES string of the molecule is CCCCC(C)(C)CC(C)NCCC. The molecule has 0 fully saturated rings. The van der Waals surface area contributed by atoms with Gasteiger partial charge in [0.2, 0.25) is 0 Å². The van der Waals surface area contributed by atoms with Crippen LogP contribution in [0.1, 0.15) is 66.7 Å². The minimum absolute atomic E-state index is 0.510. The summed E-state index contributed by atoms with van der Waals surface area (Å²) < 4.78 is 0. The van der Waals surface area contributed by atoms with E-state index in [1.807, 2.05) is 0 Å². The van der Waals surface area contributed by atoms with E-state index in [1.165, 1.54) is 32.1 Å². The highest BCUT2D eigenvalue weighted by Gasteiger charge is 2.19. The van der Waals surface area contributed by atoms with Crippen LogP contribution < -0.4 is 5.32 Å². The Morgan fingerprint density at radius 1 is 1.14 bits per heavy atom. The molecule has 1 N–H and O–H groups in total. The Labute approximate surface area is 90.7 Å². The van der Waals surface area contributed by atoms with Gasteiger partial charge >= 0.3 is 0 Å². The Morgan fingerprint density at radius 3 is 2.29 bits per heavy atom. The van der Waals surface area contributed by atoms with Gasteiger partial charge in [-0.1, -0.05) is 40.5 Å². The van der Waals surface area contributed by atoms with Crippen molar-refractivity contribution < 1.29 is 0 Å². The summed E-state index contributed by atoms with van der Waals surface area (Å²) in [5, 5.41) is 3.56. The summed E-state index contributed by atoms with van der Waals surface area (Å²) in [6.45, 7) is 12.8. The lowest BCUT2D eigenvalue weighted by molar-refractivity contribution is 0.261. The number of hydrogen-bond donors (Lipinski definition) is 1. The van der Waals surface area contributed by atoms with Crippen molar-refractivity contribution in [2.45, 2.75) is 72.8 Å². The van der Waals surface area contributed by atoms with Gasteiger partial charge in [0.1, 0.15) is 0 Å². The van der Waals surface area contributed by atoms with Crippen molar-refractivity contribution in [1.29, 1.82) is 0 Å². The van der Waals surface area contributed by atoms with Crippen LogP contribution in [0.25, 0.3) is 0 Å². The summed E-state index contributed by atoms with van der Waals surface area (Å²) in [6, 6.07) is 0.668. The molecular weight excluding hydrogens is 170 g/mol. The number of unbranched alkanes of at least 4 members (excludes halogenated alkanes) is 1. The molecule has 0 aliphatic rings. The fourth-order valence-electron chi connectivity index (χ4n) is 2.05. The van der Waals surface area contributed by atoms with E-state index in [9.17, 15) is 0 Å². The van der Waals surface area contributed by atoms with Crippen molar-refractivity contribution in [2.75, 3.05) is 6.54 Å². The molecule has 1 nitrogen and oxygen atoms in total. The zero-order valence-electron chi connectivity index (χ0n) is 10.8. The third-order valence-corrected chi connectivity index (χ3v) is 2.81. The molecule has 0 spiro atoms. The second-order valence-corrected chi connectivity index (χ2v) is 5.33. The van der Waals surface area contributed by atoms with Crippen molar-refractivity contribution in [3.8, 4) is 0 Å². The van der Waals surface area contributed by atoms with Crippen LogP contribution in [0.5, 0.6) is 0 Å². The third kappa shape index (κ3) is 7.37. The highest BCUT2D eigenvalue weighted by atomic mass is 14.9. The van der Waals surface area contributed by atoms with E-state index in [-0.39, 0.29) is 0 Å². The molecular formula is C13H29N. The van der Waals surface area contributed by atoms with Crippen LogP contribution in [0.3, 0.4) is 0 Å². The topological polar surface area (TPSA) is 12.0 Å². The van der Waals surface area contributed by atoms with E-state index in [4.69, 9.17) is 0 Å². The molecule has 86 valence electrons. The minimum Gasteiger partial charge on any atom is -0.314 e. The second-order valence-electron chi connectivity index (χ2n) is 5.33. The summed E-state index contributed by atoms with van der Waals surface area (Å²) in [6.07, 6.45) is 6.59. The van der Waals surface area contributed by atoms with Gasteiger partial charge in [-0.25, -0.2) is 0 Å². The van der Waals surface area contributed by atoms with Gasteiger partial charge in [0, 0.05) is 6.04 Å². The molecule has 14 heavy (non-hydrogen) atoms.